The van der Waals surface area contributed by atoms with Gasteiger partial charge in [-0.15, -0.1) is 0 Å². The minimum Gasteiger partial charge on any atom is -0.454 e. The Bertz CT molecular complexity index is 938. The van der Waals surface area contributed by atoms with Crippen LogP contribution in [0.15, 0.2) is 48.5 Å². The lowest BCUT2D eigenvalue weighted by molar-refractivity contribution is -0.150. The number of aryl methyl sites for hydroxylation is 1. The van der Waals surface area contributed by atoms with Gasteiger partial charge in [0.05, 0.1) is 6.42 Å². The lowest BCUT2D eigenvalue weighted by Gasteiger charge is -2.25. The Morgan fingerprint density at radius 3 is 2.68 bits per heavy atom. The molecule has 0 saturated heterocycles. The molecule has 0 saturated carbocycles. The fraction of sp³-hybridized carbons (Fsp3) is 0.238. The first-order chi connectivity index (χ1) is 13.5. The van der Waals surface area contributed by atoms with Crippen LogP contribution < -0.4 is 5.32 Å². The molecule has 0 radical (unpaired) electrons. The van der Waals surface area contributed by atoms with E-state index in [0.29, 0.717) is 16.8 Å². The number of nitrogens with one attached hydrogen (secondary N) is 1. The van der Waals surface area contributed by atoms with Crippen molar-refractivity contribution in [2.75, 3.05) is 18.5 Å². The highest BCUT2D eigenvalue weighted by Gasteiger charge is 2.32. The molecule has 3 rings (SSSR count). The predicted molar refractivity (Wildman–Crippen MR) is 102 cm³/mol. The van der Waals surface area contributed by atoms with Gasteiger partial charge in [0, 0.05) is 11.3 Å². The van der Waals surface area contributed by atoms with E-state index in [1.807, 2.05) is 25.1 Å². The smallest absolute Gasteiger partial charge is 0.326 e. The SMILES string of the molecule is CCc1cccc(NC(=O)COC(=O)CN2C(=O)Cc3ccccc3C2=O)c1. The molecule has 28 heavy (non-hydrogen) atoms. The standard InChI is InChI=1S/C21H20N2O5/c1-2-14-6-5-8-16(10-14)22-18(24)13-28-20(26)12-23-19(25)11-15-7-3-4-9-17(15)21(23)27/h3-10H,2,11-13H2,1H3,(H,22,24). The molecule has 1 N–H and O–H groups in total. The molecule has 0 aromatic heterocycles. The van der Waals surface area contributed by atoms with Crippen molar-refractivity contribution in [3.05, 3.63) is 65.2 Å². The molecule has 1 aliphatic rings. The first kappa shape index (κ1) is 19.3. The van der Waals surface area contributed by atoms with E-state index in [1.54, 1.807) is 30.3 Å². The molecule has 0 aliphatic carbocycles. The number of fused-ring (bicyclic) bond motifs is 1. The predicted octanol–water partition coefficient (Wildman–Crippen LogP) is 1.96. The second-order valence-corrected chi connectivity index (χ2v) is 6.38. The van der Waals surface area contributed by atoms with Crippen LogP contribution in [0.4, 0.5) is 5.69 Å². The summed E-state index contributed by atoms with van der Waals surface area (Å²) >= 11 is 0. The first-order valence-electron chi connectivity index (χ1n) is 8.95. The van der Waals surface area contributed by atoms with Gasteiger partial charge in [-0.05, 0) is 35.7 Å². The topological polar surface area (TPSA) is 92.8 Å². The van der Waals surface area contributed by atoms with Crippen LogP contribution >= 0.6 is 0 Å². The zero-order valence-electron chi connectivity index (χ0n) is 15.4. The van der Waals surface area contributed by atoms with Gasteiger partial charge < -0.3 is 10.1 Å². The van der Waals surface area contributed by atoms with E-state index in [9.17, 15) is 19.2 Å². The molecular formula is C21H20N2O5. The van der Waals surface area contributed by atoms with Crippen molar-refractivity contribution in [2.24, 2.45) is 0 Å². The van der Waals surface area contributed by atoms with Crippen molar-refractivity contribution in [1.82, 2.24) is 4.90 Å². The van der Waals surface area contributed by atoms with Crippen molar-refractivity contribution >= 4 is 29.4 Å². The molecule has 1 heterocycles. The highest BCUT2D eigenvalue weighted by atomic mass is 16.5. The lowest BCUT2D eigenvalue weighted by atomic mass is 9.98. The third-order valence-electron chi connectivity index (χ3n) is 4.41. The molecule has 0 atom stereocenters. The van der Waals surface area contributed by atoms with E-state index < -0.39 is 36.8 Å². The number of amides is 3. The molecule has 144 valence electrons. The Morgan fingerprint density at radius 1 is 1.11 bits per heavy atom. The molecule has 3 amide bonds. The summed E-state index contributed by atoms with van der Waals surface area (Å²) in [7, 11) is 0. The number of ether oxygens (including phenoxy) is 1. The summed E-state index contributed by atoms with van der Waals surface area (Å²) in [6.45, 7) is 0.983. The summed E-state index contributed by atoms with van der Waals surface area (Å²) in [5, 5.41) is 2.64. The van der Waals surface area contributed by atoms with Crippen molar-refractivity contribution in [3.63, 3.8) is 0 Å². The molecule has 2 aromatic carbocycles. The average molecular weight is 380 g/mol. The molecule has 1 aliphatic heterocycles. The van der Waals surface area contributed by atoms with E-state index in [0.717, 1.165) is 16.9 Å². The number of benzene rings is 2. The first-order valence-corrected chi connectivity index (χ1v) is 8.95. The maximum absolute atomic E-state index is 12.4. The maximum atomic E-state index is 12.4. The summed E-state index contributed by atoms with van der Waals surface area (Å²) < 4.78 is 4.92. The Balaban J connectivity index is 1.53. The maximum Gasteiger partial charge on any atom is 0.326 e. The molecule has 0 bridgehead atoms. The Morgan fingerprint density at radius 2 is 1.89 bits per heavy atom. The van der Waals surface area contributed by atoms with Crippen LogP contribution in [0.3, 0.4) is 0 Å². The van der Waals surface area contributed by atoms with E-state index in [4.69, 9.17) is 4.74 Å². The Kier molecular flexibility index (Phi) is 5.84. The van der Waals surface area contributed by atoms with Gasteiger partial charge in [0.25, 0.3) is 11.8 Å². The lowest BCUT2D eigenvalue weighted by Crippen LogP contribution is -2.45. The van der Waals surface area contributed by atoms with Crippen molar-refractivity contribution < 1.29 is 23.9 Å². The summed E-state index contributed by atoms with van der Waals surface area (Å²) in [5.41, 5.74) is 2.70. The van der Waals surface area contributed by atoms with Crippen LogP contribution in [-0.2, 0) is 32.0 Å². The van der Waals surface area contributed by atoms with E-state index in [2.05, 4.69) is 5.32 Å². The van der Waals surface area contributed by atoms with Gasteiger partial charge in [0.1, 0.15) is 6.54 Å². The fourth-order valence-corrected chi connectivity index (χ4v) is 2.95. The molecule has 7 nitrogen and oxygen atoms in total. The van der Waals surface area contributed by atoms with Crippen molar-refractivity contribution in [3.8, 4) is 0 Å². The largest absolute Gasteiger partial charge is 0.454 e. The van der Waals surface area contributed by atoms with E-state index in [1.165, 1.54) is 0 Å². The second-order valence-electron chi connectivity index (χ2n) is 6.38. The van der Waals surface area contributed by atoms with Crippen LogP contribution in [0, 0.1) is 0 Å². The number of anilines is 1. The fourth-order valence-electron chi connectivity index (χ4n) is 2.95. The zero-order valence-corrected chi connectivity index (χ0v) is 15.4. The van der Waals surface area contributed by atoms with Crippen LogP contribution in [0.5, 0.6) is 0 Å². The van der Waals surface area contributed by atoms with E-state index >= 15 is 0 Å². The quantitative estimate of drug-likeness (QED) is 0.611. The van der Waals surface area contributed by atoms with Gasteiger partial charge in [-0.3, -0.25) is 24.1 Å². The number of rotatable bonds is 6. The summed E-state index contributed by atoms with van der Waals surface area (Å²) in [6, 6.07) is 14.1. The number of imide groups is 1. The third-order valence-corrected chi connectivity index (χ3v) is 4.41. The number of hydrogen-bond donors (Lipinski definition) is 1. The van der Waals surface area contributed by atoms with Crippen LogP contribution in [0.1, 0.15) is 28.4 Å². The van der Waals surface area contributed by atoms with Crippen LogP contribution in [0.25, 0.3) is 0 Å². The van der Waals surface area contributed by atoms with Gasteiger partial charge in [-0.25, -0.2) is 0 Å². The van der Waals surface area contributed by atoms with Gasteiger partial charge in [-0.2, -0.15) is 0 Å². The van der Waals surface area contributed by atoms with Gasteiger partial charge in [0.2, 0.25) is 5.91 Å². The van der Waals surface area contributed by atoms with Crippen molar-refractivity contribution in [1.29, 1.82) is 0 Å². The zero-order chi connectivity index (χ0) is 20.1. The molecule has 0 unspecified atom stereocenters. The van der Waals surface area contributed by atoms with Crippen LogP contribution in [0.2, 0.25) is 0 Å². The summed E-state index contributed by atoms with van der Waals surface area (Å²) in [4.78, 5) is 49.4. The number of carbonyl (C=O) groups excluding carboxylic acids is 4. The van der Waals surface area contributed by atoms with Gasteiger partial charge in [0.15, 0.2) is 6.61 Å². The monoisotopic (exact) mass is 380 g/mol. The third kappa shape index (κ3) is 4.43. The number of nitrogens with zero attached hydrogens (tertiary/aromatic N) is 1. The Hall–Kier alpha value is -3.48. The highest BCUT2D eigenvalue weighted by Crippen LogP contribution is 2.19. The minimum absolute atomic E-state index is 0.0451. The summed E-state index contributed by atoms with van der Waals surface area (Å²) in [6.07, 6.45) is 0.878. The Labute approximate surface area is 162 Å². The summed E-state index contributed by atoms with van der Waals surface area (Å²) in [5.74, 6) is -2.33. The van der Waals surface area contributed by atoms with E-state index in [-0.39, 0.29) is 6.42 Å². The molecule has 2 aromatic rings. The highest BCUT2D eigenvalue weighted by molar-refractivity contribution is 6.11. The normalized spacial score (nSPS) is 13.1. The number of carbonyl (C=O) groups is 4. The second kappa shape index (κ2) is 8.47. The molecule has 7 heteroatoms. The number of hydrogen-bond acceptors (Lipinski definition) is 5. The molecule has 0 fully saturated rings. The molecular weight excluding hydrogens is 360 g/mol. The van der Waals surface area contributed by atoms with Gasteiger partial charge in [-0.1, -0.05) is 37.3 Å². The van der Waals surface area contributed by atoms with Crippen LogP contribution in [-0.4, -0.2) is 41.7 Å². The van der Waals surface area contributed by atoms with Gasteiger partial charge >= 0.3 is 5.97 Å². The average Bonchev–Trinajstić information content (AvgIpc) is 2.69. The molecule has 0 spiro atoms. The number of esters is 1. The minimum atomic E-state index is -0.821. The van der Waals surface area contributed by atoms with Crippen molar-refractivity contribution in [2.45, 2.75) is 19.8 Å².